The van der Waals surface area contributed by atoms with E-state index in [1.54, 1.807) is 31.2 Å². The van der Waals surface area contributed by atoms with Crippen LogP contribution in [-0.4, -0.2) is 16.9 Å². The van der Waals surface area contributed by atoms with Gasteiger partial charge in [-0.05, 0) is 18.9 Å². The second-order valence-corrected chi connectivity index (χ2v) is 3.70. The summed E-state index contributed by atoms with van der Waals surface area (Å²) in [6.07, 6.45) is 0.494. The number of carbonyl (C=O) groups is 2. The summed E-state index contributed by atoms with van der Waals surface area (Å²) in [5.74, 6) is -1.17. The van der Waals surface area contributed by atoms with Crippen molar-refractivity contribution in [2.75, 3.05) is 0 Å². The number of carboxylic acid groups (broad SMARTS) is 1. The van der Waals surface area contributed by atoms with Crippen LogP contribution in [0.2, 0.25) is 0 Å². The highest BCUT2D eigenvalue weighted by atomic mass is 16.4. The zero-order valence-electron chi connectivity index (χ0n) is 8.86. The maximum Gasteiger partial charge on any atom is 0.306 e. The third-order valence-electron chi connectivity index (χ3n) is 2.32. The Morgan fingerprint density at radius 2 is 1.75 bits per heavy atom. The monoisotopic (exact) mass is 222 g/mol. The van der Waals surface area contributed by atoms with Crippen molar-refractivity contribution in [1.29, 1.82) is 0 Å². The van der Waals surface area contributed by atoms with E-state index in [1.165, 1.54) is 6.92 Å². The van der Waals surface area contributed by atoms with Gasteiger partial charge in [0.05, 0.1) is 5.92 Å². The molecule has 0 saturated heterocycles. The number of Topliss-reactive ketones (excluding diaryl/α,β-unsaturated/α-hetero) is 1. The number of carboxylic acids is 1. The summed E-state index contributed by atoms with van der Waals surface area (Å²) in [6, 6.07) is 7.06. The Kier molecular flexibility index (Phi) is 5.43. The zero-order chi connectivity index (χ0) is 11.4. The summed E-state index contributed by atoms with van der Waals surface area (Å²) < 4.78 is 0. The quantitative estimate of drug-likeness (QED) is 0.797. The molecule has 1 atom stereocenters. The zero-order valence-corrected chi connectivity index (χ0v) is 8.86. The maximum absolute atomic E-state index is 11.0. The van der Waals surface area contributed by atoms with Crippen molar-refractivity contribution >= 4 is 11.8 Å². The lowest BCUT2D eigenvalue weighted by molar-refractivity contribution is -0.141. The Balaban J connectivity index is 0.00000225. The standard InChI is InChI=1S/C12H14O3.CH4/c1-8(12(14)15)7-10-3-5-11(6-4-10)9(2)13;/h3-6,8H,7H2,1-2H3,(H,14,15);1H4. The molecule has 1 rings (SSSR count). The topological polar surface area (TPSA) is 54.4 Å². The Labute approximate surface area is 96.1 Å². The van der Waals surface area contributed by atoms with Gasteiger partial charge in [0.15, 0.2) is 5.78 Å². The molecule has 0 radical (unpaired) electrons. The molecular formula is C13H18O3. The first-order chi connectivity index (χ1) is 7.00. The normalized spacial score (nSPS) is 11.4. The molecular weight excluding hydrogens is 204 g/mol. The second-order valence-electron chi connectivity index (χ2n) is 3.70. The van der Waals surface area contributed by atoms with Gasteiger partial charge in [-0.25, -0.2) is 0 Å². The van der Waals surface area contributed by atoms with Crippen LogP contribution in [0.1, 0.15) is 37.2 Å². The number of carbonyl (C=O) groups excluding carboxylic acids is 1. The van der Waals surface area contributed by atoms with Crippen LogP contribution in [0.5, 0.6) is 0 Å². The minimum absolute atomic E-state index is 0. The number of benzene rings is 1. The number of hydrogen-bond acceptors (Lipinski definition) is 2. The van der Waals surface area contributed by atoms with Gasteiger partial charge in [0.1, 0.15) is 0 Å². The minimum atomic E-state index is -0.800. The second kappa shape index (κ2) is 6.05. The number of aliphatic carboxylic acids is 1. The highest BCUT2D eigenvalue weighted by Gasteiger charge is 2.11. The molecule has 1 unspecified atom stereocenters. The van der Waals surface area contributed by atoms with Crippen LogP contribution in [0, 0.1) is 5.92 Å². The van der Waals surface area contributed by atoms with Crippen molar-refractivity contribution < 1.29 is 14.7 Å². The molecule has 16 heavy (non-hydrogen) atoms. The molecule has 1 aromatic rings. The van der Waals surface area contributed by atoms with Gasteiger partial charge in [-0.3, -0.25) is 9.59 Å². The van der Waals surface area contributed by atoms with Crippen molar-refractivity contribution in [3.8, 4) is 0 Å². The first kappa shape index (κ1) is 14.4. The van der Waals surface area contributed by atoms with Crippen molar-refractivity contribution in [2.24, 2.45) is 5.92 Å². The van der Waals surface area contributed by atoms with Gasteiger partial charge < -0.3 is 5.11 Å². The highest BCUT2D eigenvalue weighted by molar-refractivity contribution is 5.94. The van der Waals surface area contributed by atoms with Crippen LogP contribution in [0.3, 0.4) is 0 Å². The van der Waals surface area contributed by atoms with Gasteiger partial charge in [-0.15, -0.1) is 0 Å². The highest BCUT2D eigenvalue weighted by Crippen LogP contribution is 2.10. The summed E-state index contributed by atoms with van der Waals surface area (Å²) in [7, 11) is 0. The first-order valence-corrected chi connectivity index (χ1v) is 4.83. The van der Waals surface area contributed by atoms with E-state index in [2.05, 4.69) is 0 Å². The fraction of sp³-hybridized carbons (Fsp3) is 0.385. The molecule has 3 heteroatoms. The third kappa shape index (κ3) is 3.85. The Morgan fingerprint density at radius 1 is 1.25 bits per heavy atom. The molecule has 0 bridgehead atoms. The molecule has 3 nitrogen and oxygen atoms in total. The Bertz CT molecular complexity index is 365. The van der Waals surface area contributed by atoms with Crippen LogP contribution < -0.4 is 0 Å². The van der Waals surface area contributed by atoms with E-state index in [0.717, 1.165) is 5.56 Å². The van der Waals surface area contributed by atoms with E-state index >= 15 is 0 Å². The predicted molar refractivity (Wildman–Crippen MR) is 63.7 cm³/mol. The molecule has 0 aliphatic carbocycles. The molecule has 1 aromatic carbocycles. The van der Waals surface area contributed by atoms with Crippen LogP contribution in [0.25, 0.3) is 0 Å². The van der Waals surface area contributed by atoms with Crippen LogP contribution in [0.15, 0.2) is 24.3 Å². The van der Waals surface area contributed by atoms with E-state index in [4.69, 9.17) is 5.11 Å². The first-order valence-electron chi connectivity index (χ1n) is 4.83. The number of rotatable bonds is 4. The predicted octanol–water partition coefficient (Wildman–Crippen LogP) is 2.79. The average molecular weight is 222 g/mol. The average Bonchev–Trinajstić information content (AvgIpc) is 2.18. The smallest absolute Gasteiger partial charge is 0.306 e. The van der Waals surface area contributed by atoms with Crippen molar-refractivity contribution in [1.82, 2.24) is 0 Å². The van der Waals surface area contributed by atoms with Gasteiger partial charge >= 0.3 is 5.97 Å². The largest absolute Gasteiger partial charge is 0.481 e. The third-order valence-corrected chi connectivity index (χ3v) is 2.32. The van der Waals surface area contributed by atoms with Crippen LogP contribution in [-0.2, 0) is 11.2 Å². The molecule has 0 heterocycles. The molecule has 88 valence electrons. The summed E-state index contributed by atoms with van der Waals surface area (Å²) in [4.78, 5) is 21.6. The van der Waals surface area contributed by atoms with E-state index < -0.39 is 11.9 Å². The molecule has 0 amide bonds. The number of hydrogen-bond donors (Lipinski definition) is 1. The lowest BCUT2D eigenvalue weighted by atomic mass is 10.00. The summed E-state index contributed by atoms with van der Waals surface area (Å²) in [5.41, 5.74) is 1.59. The van der Waals surface area contributed by atoms with E-state index in [0.29, 0.717) is 12.0 Å². The fourth-order valence-electron chi connectivity index (χ4n) is 1.32. The molecule has 0 fully saturated rings. The van der Waals surface area contributed by atoms with E-state index in [1.807, 2.05) is 0 Å². The van der Waals surface area contributed by atoms with Gasteiger partial charge in [0, 0.05) is 5.56 Å². The summed E-state index contributed by atoms with van der Waals surface area (Å²) in [6.45, 7) is 3.18. The van der Waals surface area contributed by atoms with E-state index in [9.17, 15) is 9.59 Å². The van der Waals surface area contributed by atoms with Gasteiger partial charge in [-0.2, -0.15) is 0 Å². The molecule has 1 N–H and O–H groups in total. The molecule has 0 aliphatic rings. The SMILES string of the molecule is C.CC(=O)c1ccc(CC(C)C(=O)O)cc1. The molecule has 0 aliphatic heterocycles. The number of ketones is 1. The van der Waals surface area contributed by atoms with Gasteiger partial charge in [0.2, 0.25) is 0 Å². The lowest BCUT2D eigenvalue weighted by Crippen LogP contribution is -2.12. The summed E-state index contributed by atoms with van der Waals surface area (Å²) >= 11 is 0. The van der Waals surface area contributed by atoms with Gasteiger partial charge in [0.25, 0.3) is 0 Å². The van der Waals surface area contributed by atoms with Crippen molar-refractivity contribution in [3.05, 3.63) is 35.4 Å². The fourth-order valence-corrected chi connectivity index (χ4v) is 1.32. The van der Waals surface area contributed by atoms with Crippen molar-refractivity contribution in [3.63, 3.8) is 0 Å². The summed E-state index contributed by atoms with van der Waals surface area (Å²) in [5, 5.41) is 8.73. The molecule has 0 aromatic heterocycles. The maximum atomic E-state index is 11.0. The lowest BCUT2D eigenvalue weighted by Gasteiger charge is -2.06. The Hall–Kier alpha value is -1.64. The van der Waals surface area contributed by atoms with Crippen LogP contribution >= 0.6 is 0 Å². The van der Waals surface area contributed by atoms with E-state index in [-0.39, 0.29) is 13.2 Å². The van der Waals surface area contributed by atoms with Crippen LogP contribution in [0.4, 0.5) is 0 Å². The molecule has 0 saturated carbocycles. The van der Waals surface area contributed by atoms with Crippen molar-refractivity contribution in [2.45, 2.75) is 27.7 Å². The minimum Gasteiger partial charge on any atom is -0.481 e. The Morgan fingerprint density at radius 3 is 2.12 bits per heavy atom. The molecule has 0 spiro atoms. The van der Waals surface area contributed by atoms with Gasteiger partial charge in [-0.1, -0.05) is 38.6 Å².